The molecule has 30 heavy (non-hydrogen) atoms. The molecule has 154 valence electrons. The van der Waals surface area contributed by atoms with Crippen molar-refractivity contribution in [3.8, 4) is 22.9 Å². The zero-order chi connectivity index (χ0) is 20.3. The average Bonchev–Trinajstić information content (AvgIpc) is 3.48. The number of piperidine rings is 1. The van der Waals surface area contributed by atoms with Gasteiger partial charge in [0.2, 0.25) is 12.6 Å². The maximum Gasteiger partial charge on any atom is 0.316 e. The van der Waals surface area contributed by atoms with Crippen LogP contribution in [-0.2, 0) is 6.54 Å². The molecule has 0 radical (unpaired) electrons. The third-order valence-corrected chi connectivity index (χ3v) is 5.19. The van der Waals surface area contributed by atoms with Crippen molar-refractivity contribution in [2.75, 3.05) is 24.8 Å². The van der Waals surface area contributed by atoms with Crippen molar-refractivity contribution < 1.29 is 18.8 Å². The molecule has 1 saturated heterocycles. The Morgan fingerprint density at radius 2 is 1.93 bits per heavy atom. The number of carbonyl (C=O) groups excluding carboxylic acids is 1. The number of nitrogens with one attached hydrogen (secondary N) is 1. The first-order chi connectivity index (χ1) is 14.8. The van der Waals surface area contributed by atoms with Crippen molar-refractivity contribution in [1.29, 1.82) is 0 Å². The van der Waals surface area contributed by atoms with Crippen molar-refractivity contribution in [3.05, 3.63) is 48.0 Å². The molecule has 2 aliphatic heterocycles. The summed E-state index contributed by atoms with van der Waals surface area (Å²) >= 11 is 0. The quantitative estimate of drug-likeness (QED) is 0.689. The van der Waals surface area contributed by atoms with E-state index in [1.807, 2.05) is 30.3 Å². The van der Waals surface area contributed by atoms with Gasteiger partial charge in [0, 0.05) is 31.4 Å². The van der Waals surface area contributed by atoms with Gasteiger partial charge in [0.25, 0.3) is 0 Å². The van der Waals surface area contributed by atoms with Gasteiger partial charge in [0.05, 0.1) is 0 Å². The molecule has 0 atom stereocenters. The summed E-state index contributed by atoms with van der Waals surface area (Å²) in [6.07, 6.45) is 5.32. The lowest BCUT2D eigenvalue weighted by Gasteiger charge is -2.27. The van der Waals surface area contributed by atoms with Crippen molar-refractivity contribution in [2.45, 2.75) is 25.8 Å². The van der Waals surface area contributed by atoms with Crippen LogP contribution in [0.4, 0.5) is 5.82 Å². The molecule has 4 heterocycles. The topological polar surface area (TPSA) is 103 Å². The number of fused-ring (bicyclic) bond motifs is 1. The normalized spacial score (nSPS) is 15.3. The Balaban J connectivity index is 1.25. The van der Waals surface area contributed by atoms with E-state index < -0.39 is 5.91 Å². The van der Waals surface area contributed by atoms with Crippen molar-refractivity contribution in [1.82, 2.24) is 20.4 Å². The fraction of sp³-hybridized carbons (Fsp3) is 0.333. The van der Waals surface area contributed by atoms with Crippen LogP contribution >= 0.6 is 0 Å². The van der Waals surface area contributed by atoms with E-state index in [1.54, 1.807) is 6.20 Å². The summed E-state index contributed by atoms with van der Waals surface area (Å²) in [5.41, 5.74) is 1.65. The maximum atomic E-state index is 12.4. The predicted molar refractivity (Wildman–Crippen MR) is 107 cm³/mol. The SMILES string of the molecule is O=C(NCc1ccc2c(c1)OCO2)c1nc(-c2ccnc(N3CCCCC3)c2)no1. The van der Waals surface area contributed by atoms with Gasteiger partial charge in [-0.1, -0.05) is 11.2 Å². The first-order valence-electron chi connectivity index (χ1n) is 9.98. The summed E-state index contributed by atoms with van der Waals surface area (Å²) in [7, 11) is 0. The highest BCUT2D eigenvalue weighted by atomic mass is 16.7. The van der Waals surface area contributed by atoms with Crippen LogP contribution < -0.4 is 19.7 Å². The van der Waals surface area contributed by atoms with Crippen LogP contribution in [-0.4, -0.2) is 40.9 Å². The van der Waals surface area contributed by atoms with Gasteiger partial charge in [-0.2, -0.15) is 4.98 Å². The molecule has 0 aliphatic carbocycles. The summed E-state index contributed by atoms with van der Waals surface area (Å²) in [6.45, 7) is 2.51. The van der Waals surface area contributed by atoms with E-state index in [2.05, 4.69) is 25.3 Å². The highest BCUT2D eigenvalue weighted by Crippen LogP contribution is 2.32. The zero-order valence-corrected chi connectivity index (χ0v) is 16.3. The number of nitrogens with zero attached hydrogens (tertiary/aromatic N) is 4. The molecule has 2 aromatic heterocycles. The Hall–Kier alpha value is -3.62. The molecule has 0 spiro atoms. The molecule has 3 aromatic rings. The van der Waals surface area contributed by atoms with Gasteiger partial charge in [-0.3, -0.25) is 4.79 Å². The van der Waals surface area contributed by atoms with Gasteiger partial charge in [-0.15, -0.1) is 0 Å². The van der Waals surface area contributed by atoms with Crippen LogP contribution in [0.5, 0.6) is 11.5 Å². The zero-order valence-electron chi connectivity index (χ0n) is 16.3. The lowest BCUT2D eigenvalue weighted by Crippen LogP contribution is -2.30. The Morgan fingerprint density at radius 1 is 1.07 bits per heavy atom. The Kier molecular flexibility index (Phi) is 4.92. The number of ether oxygens (including phenoxy) is 2. The van der Waals surface area contributed by atoms with Crippen LogP contribution in [0, 0.1) is 0 Å². The molecular weight excluding hydrogens is 386 g/mol. The number of amides is 1. The molecular formula is C21H21N5O4. The number of aromatic nitrogens is 3. The van der Waals surface area contributed by atoms with E-state index in [9.17, 15) is 4.79 Å². The van der Waals surface area contributed by atoms with Crippen LogP contribution in [0.25, 0.3) is 11.4 Å². The molecule has 0 bridgehead atoms. The first-order valence-corrected chi connectivity index (χ1v) is 9.98. The summed E-state index contributed by atoms with van der Waals surface area (Å²) in [5, 5.41) is 6.75. The summed E-state index contributed by atoms with van der Waals surface area (Å²) in [5.74, 6) is 2.12. The van der Waals surface area contributed by atoms with E-state index in [1.165, 1.54) is 19.3 Å². The Bertz CT molecular complexity index is 1060. The molecule has 1 amide bonds. The van der Waals surface area contributed by atoms with E-state index >= 15 is 0 Å². The first kappa shape index (κ1) is 18.4. The molecule has 1 fully saturated rings. The van der Waals surface area contributed by atoms with Crippen molar-refractivity contribution >= 4 is 11.7 Å². The van der Waals surface area contributed by atoms with Crippen molar-refractivity contribution in [2.24, 2.45) is 0 Å². The second kappa shape index (κ2) is 8.02. The van der Waals surface area contributed by atoms with Crippen LogP contribution in [0.15, 0.2) is 41.1 Å². The Morgan fingerprint density at radius 3 is 2.83 bits per heavy atom. The number of rotatable bonds is 5. The maximum absolute atomic E-state index is 12.4. The molecule has 2 aliphatic rings. The smallest absolute Gasteiger partial charge is 0.316 e. The van der Waals surface area contributed by atoms with Gasteiger partial charge >= 0.3 is 11.8 Å². The number of hydrogen-bond donors (Lipinski definition) is 1. The fourth-order valence-corrected chi connectivity index (χ4v) is 3.60. The molecule has 1 aromatic carbocycles. The van der Waals surface area contributed by atoms with E-state index in [4.69, 9.17) is 14.0 Å². The lowest BCUT2D eigenvalue weighted by atomic mass is 10.1. The fourth-order valence-electron chi connectivity index (χ4n) is 3.60. The van der Waals surface area contributed by atoms with Crippen LogP contribution in [0.3, 0.4) is 0 Å². The summed E-state index contributed by atoms with van der Waals surface area (Å²) < 4.78 is 15.8. The largest absolute Gasteiger partial charge is 0.454 e. The van der Waals surface area contributed by atoms with Gasteiger partial charge in [0.1, 0.15) is 5.82 Å². The monoisotopic (exact) mass is 407 g/mol. The standard InChI is InChI=1S/C21H21N5O4/c27-20(23-12-14-4-5-16-17(10-14)29-13-28-16)21-24-19(25-30-21)15-6-7-22-18(11-15)26-8-2-1-3-9-26/h4-7,10-11H,1-3,8-9,12-13H2,(H,23,27). The summed E-state index contributed by atoms with van der Waals surface area (Å²) in [6, 6.07) is 9.27. The van der Waals surface area contributed by atoms with Gasteiger partial charge in [-0.05, 0) is 49.1 Å². The lowest BCUT2D eigenvalue weighted by molar-refractivity contribution is 0.0907. The number of carbonyl (C=O) groups is 1. The second-order valence-corrected chi connectivity index (χ2v) is 7.24. The van der Waals surface area contributed by atoms with Crippen LogP contribution in [0.1, 0.15) is 35.5 Å². The highest BCUT2D eigenvalue weighted by Gasteiger charge is 2.19. The number of hydrogen-bond acceptors (Lipinski definition) is 8. The van der Waals surface area contributed by atoms with Crippen LogP contribution in [0.2, 0.25) is 0 Å². The van der Waals surface area contributed by atoms with Gasteiger partial charge in [-0.25, -0.2) is 4.98 Å². The van der Waals surface area contributed by atoms with Gasteiger partial charge in [0.15, 0.2) is 11.5 Å². The third-order valence-electron chi connectivity index (χ3n) is 5.19. The minimum Gasteiger partial charge on any atom is -0.454 e. The number of pyridine rings is 1. The van der Waals surface area contributed by atoms with E-state index in [0.29, 0.717) is 23.9 Å². The third kappa shape index (κ3) is 3.78. The molecule has 0 unspecified atom stereocenters. The Labute approximate surface area is 173 Å². The molecule has 9 heteroatoms. The minimum absolute atomic E-state index is 0.0814. The highest BCUT2D eigenvalue weighted by molar-refractivity contribution is 5.89. The molecule has 1 N–H and O–H groups in total. The number of anilines is 1. The van der Waals surface area contributed by atoms with Gasteiger partial charge < -0.3 is 24.2 Å². The van der Waals surface area contributed by atoms with E-state index in [0.717, 1.165) is 30.0 Å². The van der Waals surface area contributed by atoms with E-state index in [-0.39, 0.29) is 12.7 Å². The molecule has 9 nitrogen and oxygen atoms in total. The average molecular weight is 407 g/mol. The minimum atomic E-state index is -0.434. The number of benzene rings is 1. The summed E-state index contributed by atoms with van der Waals surface area (Å²) in [4.78, 5) is 23.4. The molecule has 0 saturated carbocycles. The van der Waals surface area contributed by atoms with Crippen molar-refractivity contribution in [3.63, 3.8) is 0 Å². The molecule has 5 rings (SSSR count). The predicted octanol–water partition coefficient (Wildman–Crippen LogP) is 2.78. The second-order valence-electron chi connectivity index (χ2n) is 7.24.